The van der Waals surface area contributed by atoms with Gasteiger partial charge in [0.25, 0.3) is 0 Å². The molecule has 4 heteroatoms. The van der Waals surface area contributed by atoms with Crippen molar-refractivity contribution in [3.63, 3.8) is 0 Å². The maximum Gasteiger partial charge on any atom is 0.107 e. The van der Waals surface area contributed by atoms with Crippen LogP contribution in [-0.4, -0.2) is 11.7 Å². The van der Waals surface area contributed by atoms with Crippen molar-refractivity contribution in [2.75, 3.05) is 6.54 Å². The van der Waals surface area contributed by atoms with E-state index in [2.05, 4.69) is 0 Å². The van der Waals surface area contributed by atoms with Gasteiger partial charge in [-0.1, -0.05) is 23.7 Å². The van der Waals surface area contributed by atoms with Gasteiger partial charge in [-0.3, -0.25) is 0 Å². The highest BCUT2D eigenvalue weighted by Gasteiger charge is 2.27. The number of aliphatic hydroxyl groups excluding tert-OH is 1. The molecular formula is C16H20ClNO2. The summed E-state index contributed by atoms with van der Waals surface area (Å²) in [5.74, 6) is 1.37. The predicted octanol–water partition coefficient (Wildman–Crippen LogP) is 3.63. The van der Waals surface area contributed by atoms with Crippen LogP contribution in [0.15, 0.2) is 28.7 Å². The van der Waals surface area contributed by atoms with Crippen LogP contribution in [0.1, 0.15) is 40.2 Å². The van der Waals surface area contributed by atoms with Gasteiger partial charge in [0.2, 0.25) is 0 Å². The van der Waals surface area contributed by atoms with Gasteiger partial charge in [0.05, 0.1) is 6.10 Å². The molecular weight excluding hydrogens is 274 g/mol. The van der Waals surface area contributed by atoms with Crippen LogP contribution >= 0.6 is 11.6 Å². The van der Waals surface area contributed by atoms with E-state index in [1.54, 1.807) is 0 Å². The smallest absolute Gasteiger partial charge is 0.107 e. The van der Waals surface area contributed by atoms with E-state index in [1.165, 1.54) is 0 Å². The Morgan fingerprint density at radius 2 is 1.95 bits per heavy atom. The fourth-order valence-electron chi connectivity index (χ4n) is 2.63. The van der Waals surface area contributed by atoms with Crippen molar-refractivity contribution in [2.45, 2.75) is 32.8 Å². The Balaban J connectivity index is 2.41. The summed E-state index contributed by atoms with van der Waals surface area (Å²) in [6.45, 7) is 6.06. The van der Waals surface area contributed by atoms with Gasteiger partial charge < -0.3 is 15.3 Å². The summed E-state index contributed by atoms with van der Waals surface area (Å²) in [7, 11) is 0. The fourth-order valence-corrected chi connectivity index (χ4v) is 2.83. The summed E-state index contributed by atoms with van der Waals surface area (Å²) >= 11 is 6.02. The third kappa shape index (κ3) is 2.75. The molecule has 0 saturated heterocycles. The summed E-state index contributed by atoms with van der Waals surface area (Å²) in [6, 6.07) is 7.46. The number of aryl methyl sites for hydroxylation is 2. The average molecular weight is 294 g/mol. The number of furan rings is 1. The zero-order valence-corrected chi connectivity index (χ0v) is 12.7. The third-order valence-corrected chi connectivity index (χ3v) is 4.06. The Bertz CT molecular complexity index is 607. The van der Waals surface area contributed by atoms with Gasteiger partial charge in [-0.25, -0.2) is 0 Å². The van der Waals surface area contributed by atoms with Gasteiger partial charge in [-0.2, -0.15) is 0 Å². The van der Waals surface area contributed by atoms with Crippen molar-refractivity contribution in [1.82, 2.24) is 0 Å². The topological polar surface area (TPSA) is 59.4 Å². The van der Waals surface area contributed by atoms with E-state index >= 15 is 0 Å². The summed E-state index contributed by atoms with van der Waals surface area (Å²) in [5.41, 5.74) is 8.62. The second-order valence-electron chi connectivity index (χ2n) is 5.10. The maximum atomic E-state index is 10.7. The fraction of sp³-hybridized carbons (Fsp3) is 0.375. The molecule has 0 bridgehead atoms. The maximum absolute atomic E-state index is 10.7. The lowest BCUT2D eigenvalue weighted by molar-refractivity contribution is 0.145. The van der Waals surface area contributed by atoms with Crippen LogP contribution in [0.5, 0.6) is 0 Å². The number of aliphatic hydroxyl groups is 1. The monoisotopic (exact) mass is 293 g/mol. The molecule has 2 atom stereocenters. The molecule has 0 radical (unpaired) electrons. The summed E-state index contributed by atoms with van der Waals surface area (Å²) in [5, 5.41) is 11.4. The van der Waals surface area contributed by atoms with Gasteiger partial charge in [-0.15, -0.1) is 0 Å². The number of halogens is 1. The van der Waals surface area contributed by atoms with Gasteiger partial charge in [0.15, 0.2) is 0 Å². The lowest BCUT2D eigenvalue weighted by Gasteiger charge is -2.22. The first-order valence-electron chi connectivity index (χ1n) is 6.65. The minimum absolute atomic E-state index is 0.205. The van der Waals surface area contributed by atoms with E-state index in [1.807, 2.05) is 45.0 Å². The van der Waals surface area contributed by atoms with Crippen LogP contribution in [0.3, 0.4) is 0 Å². The third-order valence-electron chi connectivity index (χ3n) is 3.83. The van der Waals surface area contributed by atoms with Crippen molar-refractivity contribution in [3.05, 3.63) is 57.5 Å². The van der Waals surface area contributed by atoms with Crippen molar-refractivity contribution < 1.29 is 9.52 Å². The van der Waals surface area contributed by atoms with E-state index < -0.39 is 6.10 Å². The molecule has 2 rings (SSSR count). The molecule has 108 valence electrons. The second-order valence-corrected chi connectivity index (χ2v) is 5.53. The molecule has 1 aromatic heterocycles. The first-order valence-corrected chi connectivity index (χ1v) is 7.03. The number of hydrogen-bond acceptors (Lipinski definition) is 3. The average Bonchev–Trinajstić information content (AvgIpc) is 2.64. The quantitative estimate of drug-likeness (QED) is 0.905. The molecule has 0 fully saturated rings. The van der Waals surface area contributed by atoms with E-state index in [4.69, 9.17) is 21.8 Å². The molecule has 0 aliphatic heterocycles. The van der Waals surface area contributed by atoms with Crippen molar-refractivity contribution in [3.8, 4) is 0 Å². The first-order chi connectivity index (χ1) is 9.45. The summed E-state index contributed by atoms with van der Waals surface area (Å²) in [6.07, 6.45) is -0.698. The van der Waals surface area contributed by atoms with Gasteiger partial charge in [0.1, 0.15) is 11.5 Å². The van der Waals surface area contributed by atoms with E-state index in [-0.39, 0.29) is 5.92 Å². The molecule has 1 heterocycles. The molecule has 0 saturated carbocycles. The SMILES string of the molecule is Cc1oc(C)c(C(O)C(CN)c2cccc(Cl)c2)c1C. The molecule has 3 nitrogen and oxygen atoms in total. The summed E-state index contributed by atoms with van der Waals surface area (Å²) < 4.78 is 5.59. The van der Waals surface area contributed by atoms with Crippen molar-refractivity contribution >= 4 is 11.6 Å². The van der Waals surface area contributed by atoms with E-state index in [0.29, 0.717) is 11.6 Å². The molecule has 0 aliphatic rings. The van der Waals surface area contributed by atoms with Crippen LogP contribution in [0, 0.1) is 20.8 Å². The molecule has 2 aromatic rings. The van der Waals surface area contributed by atoms with Gasteiger partial charge in [-0.05, 0) is 44.0 Å². The highest BCUT2D eigenvalue weighted by atomic mass is 35.5. The summed E-state index contributed by atoms with van der Waals surface area (Å²) in [4.78, 5) is 0. The zero-order chi connectivity index (χ0) is 14.9. The number of hydrogen-bond donors (Lipinski definition) is 2. The van der Waals surface area contributed by atoms with Gasteiger partial charge >= 0.3 is 0 Å². The molecule has 3 N–H and O–H groups in total. The molecule has 2 unspecified atom stereocenters. The van der Waals surface area contributed by atoms with Crippen LogP contribution in [-0.2, 0) is 0 Å². The number of benzene rings is 1. The Morgan fingerprint density at radius 3 is 2.45 bits per heavy atom. The predicted molar refractivity (Wildman–Crippen MR) is 81.1 cm³/mol. The Kier molecular flexibility index (Phi) is 4.53. The molecule has 1 aromatic carbocycles. The Hall–Kier alpha value is -1.29. The minimum Gasteiger partial charge on any atom is -0.466 e. The molecule has 0 spiro atoms. The molecule has 20 heavy (non-hydrogen) atoms. The lowest BCUT2D eigenvalue weighted by atomic mass is 9.87. The first kappa shape index (κ1) is 15.1. The number of nitrogens with two attached hydrogens (primary N) is 1. The van der Waals surface area contributed by atoms with Crippen LogP contribution in [0.2, 0.25) is 5.02 Å². The molecule has 0 aliphatic carbocycles. The number of rotatable bonds is 4. The minimum atomic E-state index is -0.698. The lowest BCUT2D eigenvalue weighted by Crippen LogP contribution is -2.21. The Morgan fingerprint density at radius 1 is 1.25 bits per heavy atom. The van der Waals surface area contributed by atoms with Gasteiger partial charge in [0, 0.05) is 23.0 Å². The van der Waals surface area contributed by atoms with Crippen LogP contribution in [0.4, 0.5) is 0 Å². The van der Waals surface area contributed by atoms with Crippen LogP contribution < -0.4 is 5.73 Å². The van der Waals surface area contributed by atoms with E-state index in [9.17, 15) is 5.11 Å². The van der Waals surface area contributed by atoms with E-state index in [0.717, 1.165) is 28.2 Å². The van der Waals surface area contributed by atoms with Crippen molar-refractivity contribution in [1.29, 1.82) is 0 Å². The van der Waals surface area contributed by atoms with Crippen LogP contribution in [0.25, 0.3) is 0 Å². The molecule has 0 amide bonds. The zero-order valence-electron chi connectivity index (χ0n) is 12.0. The standard InChI is InChI=1S/C16H20ClNO2/c1-9-10(2)20-11(3)15(9)16(19)14(8-18)12-5-4-6-13(17)7-12/h4-7,14,16,19H,8,18H2,1-3H3. The normalized spacial score (nSPS) is 14.3. The second kappa shape index (κ2) is 6.00. The highest BCUT2D eigenvalue weighted by Crippen LogP contribution is 2.36. The highest BCUT2D eigenvalue weighted by molar-refractivity contribution is 6.30. The van der Waals surface area contributed by atoms with Crippen molar-refractivity contribution in [2.24, 2.45) is 5.73 Å². The largest absolute Gasteiger partial charge is 0.466 e. The Labute approximate surface area is 124 Å².